The molecule has 3 nitrogen and oxygen atoms in total. The van der Waals surface area contributed by atoms with Crippen molar-refractivity contribution < 1.29 is 9.47 Å². The average Bonchev–Trinajstić information content (AvgIpc) is 2.25. The first kappa shape index (κ1) is 16.9. The molecule has 0 rings (SSSR count). The van der Waals surface area contributed by atoms with E-state index < -0.39 is 0 Å². The Labute approximate surface area is 107 Å². The molecule has 1 unspecified atom stereocenters. The van der Waals surface area contributed by atoms with E-state index >= 15 is 0 Å². The van der Waals surface area contributed by atoms with E-state index in [9.17, 15) is 0 Å². The summed E-state index contributed by atoms with van der Waals surface area (Å²) in [6.45, 7) is 14.4. The Morgan fingerprint density at radius 3 is 2.12 bits per heavy atom. The van der Waals surface area contributed by atoms with Crippen LogP contribution in [0.5, 0.6) is 0 Å². The maximum Gasteiger partial charge on any atom is 0.0700 e. The molecule has 0 aromatic heterocycles. The zero-order valence-corrected chi connectivity index (χ0v) is 12.6. The van der Waals surface area contributed by atoms with Crippen molar-refractivity contribution in [2.24, 2.45) is 5.41 Å². The van der Waals surface area contributed by atoms with Gasteiger partial charge in [-0.15, -0.1) is 0 Å². The van der Waals surface area contributed by atoms with E-state index in [1.807, 2.05) is 0 Å². The van der Waals surface area contributed by atoms with E-state index in [0.717, 1.165) is 19.6 Å². The van der Waals surface area contributed by atoms with Gasteiger partial charge in [0.25, 0.3) is 0 Å². The molecular weight excluding hydrogens is 214 g/mol. The Morgan fingerprint density at radius 1 is 1.00 bits per heavy atom. The minimum absolute atomic E-state index is 0.188. The molecule has 0 heterocycles. The molecule has 0 fully saturated rings. The standard InChI is InChI=1S/C14H31NO2/c1-7-14(5,12-15-13(2,3)4)8-9-17-11-10-16-6/h15H,7-12H2,1-6H3. The maximum absolute atomic E-state index is 5.55. The summed E-state index contributed by atoms with van der Waals surface area (Å²) in [5.74, 6) is 0. The summed E-state index contributed by atoms with van der Waals surface area (Å²) >= 11 is 0. The van der Waals surface area contributed by atoms with Gasteiger partial charge in [0.2, 0.25) is 0 Å². The van der Waals surface area contributed by atoms with Crippen LogP contribution in [-0.2, 0) is 9.47 Å². The number of hydrogen-bond donors (Lipinski definition) is 1. The monoisotopic (exact) mass is 245 g/mol. The van der Waals surface area contributed by atoms with Crippen LogP contribution in [0.4, 0.5) is 0 Å². The summed E-state index contributed by atoms with van der Waals surface area (Å²) < 4.78 is 10.5. The summed E-state index contributed by atoms with van der Waals surface area (Å²) in [6, 6.07) is 0. The van der Waals surface area contributed by atoms with Gasteiger partial charge in [-0.3, -0.25) is 0 Å². The number of rotatable bonds is 9. The van der Waals surface area contributed by atoms with Gasteiger partial charge in [0, 0.05) is 25.8 Å². The maximum atomic E-state index is 5.55. The second-order valence-electron chi connectivity index (χ2n) is 6.12. The number of methoxy groups -OCH3 is 1. The Hall–Kier alpha value is -0.120. The fraction of sp³-hybridized carbons (Fsp3) is 1.00. The van der Waals surface area contributed by atoms with Crippen LogP contribution in [0.1, 0.15) is 47.5 Å². The summed E-state index contributed by atoms with van der Waals surface area (Å²) in [6.07, 6.45) is 2.26. The molecule has 104 valence electrons. The van der Waals surface area contributed by atoms with Crippen molar-refractivity contribution in [3.8, 4) is 0 Å². The Bertz CT molecular complexity index is 189. The molecule has 0 aliphatic carbocycles. The molecule has 0 saturated carbocycles. The van der Waals surface area contributed by atoms with Gasteiger partial charge >= 0.3 is 0 Å². The normalized spacial score (nSPS) is 15.9. The molecule has 1 atom stereocenters. The van der Waals surface area contributed by atoms with Gasteiger partial charge in [-0.1, -0.05) is 13.8 Å². The number of hydrogen-bond acceptors (Lipinski definition) is 3. The van der Waals surface area contributed by atoms with Gasteiger partial charge in [0.05, 0.1) is 13.2 Å². The van der Waals surface area contributed by atoms with E-state index in [4.69, 9.17) is 9.47 Å². The Balaban J connectivity index is 3.85. The lowest BCUT2D eigenvalue weighted by Crippen LogP contribution is -2.43. The van der Waals surface area contributed by atoms with Crippen LogP contribution in [0.3, 0.4) is 0 Å². The number of nitrogens with one attached hydrogen (secondary N) is 1. The largest absolute Gasteiger partial charge is 0.382 e. The average molecular weight is 245 g/mol. The fourth-order valence-corrected chi connectivity index (χ4v) is 1.43. The van der Waals surface area contributed by atoms with Gasteiger partial charge in [-0.2, -0.15) is 0 Å². The van der Waals surface area contributed by atoms with E-state index in [1.165, 1.54) is 6.42 Å². The highest BCUT2D eigenvalue weighted by Gasteiger charge is 2.23. The third-order valence-corrected chi connectivity index (χ3v) is 3.18. The summed E-state index contributed by atoms with van der Waals surface area (Å²) in [5, 5.41) is 3.59. The van der Waals surface area contributed by atoms with Crippen molar-refractivity contribution >= 4 is 0 Å². The second kappa shape index (κ2) is 8.06. The zero-order valence-electron chi connectivity index (χ0n) is 12.6. The first-order chi connectivity index (χ1) is 7.83. The smallest absolute Gasteiger partial charge is 0.0700 e. The van der Waals surface area contributed by atoms with Crippen molar-refractivity contribution in [3.63, 3.8) is 0 Å². The zero-order chi connectivity index (χ0) is 13.4. The van der Waals surface area contributed by atoms with Crippen molar-refractivity contribution in [2.45, 2.75) is 53.0 Å². The van der Waals surface area contributed by atoms with Crippen LogP contribution in [0.15, 0.2) is 0 Å². The van der Waals surface area contributed by atoms with Gasteiger partial charge in [-0.25, -0.2) is 0 Å². The van der Waals surface area contributed by atoms with Gasteiger partial charge in [0.1, 0.15) is 0 Å². The predicted molar refractivity (Wildman–Crippen MR) is 73.5 cm³/mol. The summed E-state index contributed by atoms with van der Waals surface area (Å²) in [7, 11) is 1.70. The molecule has 0 aromatic rings. The SMILES string of the molecule is CCC(C)(CCOCCOC)CNC(C)(C)C. The highest BCUT2D eigenvalue weighted by Crippen LogP contribution is 2.25. The van der Waals surface area contributed by atoms with Crippen molar-refractivity contribution in [1.29, 1.82) is 0 Å². The fourth-order valence-electron chi connectivity index (χ4n) is 1.43. The van der Waals surface area contributed by atoms with Crippen LogP contribution in [-0.4, -0.2) is 39.0 Å². The highest BCUT2D eigenvalue weighted by atomic mass is 16.5. The Kier molecular flexibility index (Phi) is 8.01. The lowest BCUT2D eigenvalue weighted by Gasteiger charge is -2.33. The minimum Gasteiger partial charge on any atom is -0.382 e. The molecule has 0 aliphatic rings. The quantitative estimate of drug-likeness (QED) is 0.634. The molecule has 3 heteroatoms. The third kappa shape index (κ3) is 9.57. The second-order valence-corrected chi connectivity index (χ2v) is 6.12. The summed E-state index contributed by atoms with van der Waals surface area (Å²) in [5.41, 5.74) is 0.508. The lowest BCUT2D eigenvalue weighted by molar-refractivity contribution is 0.0516. The molecule has 0 spiro atoms. The molecule has 0 aromatic carbocycles. The van der Waals surface area contributed by atoms with Crippen molar-refractivity contribution in [3.05, 3.63) is 0 Å². The van der Waals surface area contributed by atoms with Crippen LogP contribution >= 0.6 is 0 Å². The Morgan fingerprint density at radius 2 is 1.65 bits per heavy atom. The van der Waals surface area contributed by atoms with E-state index in [1.54, 1.807) is 7.11 Å². The van der Waals surface area contributed by atoms with Crippen molar-refractivity contribution in [2.75, 3.05) is 33.5 Å². The lowest BCUT2D eigenvalue weighted by atomic mass is 9.83. The minimum atomic E-state index is 0.188. The first-order valence-corrected chi connectivity index (χ1v) is 6.65. The molecule has 0 amide bonds. The summed E-state index contributed by atoms with van der Waals surface area (Å²) in [4.78, 5) is 0. The van der Waals surface area contributed by atoms with Crippen LogP contribution in [0.2, 0.25) is 0 Å². The van der Waals surface area contributed by atoms with E-state index in [0.29, 0.717) is 18.6 Å². The molecule has 17 heavy (non-hydrogen) atoms. The van der Waals surface area contributed by atoms with Crippen LogP contribution in [0.25, 0.3) is 0 Å². The van der Waals surface area contributed by atoms with Gasteiger partial charge in [0.15, 0.2) is 0 Å². The van der Waals surface area contributed by atoms with E-state index in [2.05, 4.69) is 39.9 Å². The van der Waals surface area contributed by atoms with Gasteiger partial charge < -0.3 is 14.8 Å². The first-order valence-electron chi connectivity index (χ1n) is 6.65. The molecule has 0 aliphatic heterocycles. The van der Waals surface area contributed by atoms with Crippen LogP contribution < -0.4 is 5.32 Å². The highest BCUT2D eigenvalue weighted by molar-refractivity contribution is 4.80. The molecule has 0 bridgehead atoms. The molecule has 0 saturated heterocycles. The van der Waals surface area contributed by atoms with E-state index in [-0.39, 0.29) is 5.54 Å². The topological polar surface area (TPSA) is 30.5 Å². The van der Waals surface area contributed by atoms with Crippen molar-refractivity contribution in [1.82, 2.24) is 5.32 Å². The molecular formula is C14H31NO2. The molecule has 0 radical (unpaired) electrons. The number of ether oxygens (including phenoxy) is 2. The molecule has 1 N–H and O–H groups in total. The predicted octanol–water partition coefficient (Wildman–Crippen LogP) is 2.84. The third-order valence-electron chi connectivity index (χ3n) is 3.18. The van der Waals surface area contributed by atoms with Gasteiger partial charge in [-0.05, 0) is 39.0 Å². The van der Waals surface area contributed by atoms with Crippen LogP contribution in [0, 0.1) is 5.41 Å².